The fourth-order valence-corrected chi connectivity index (χ4v) is 4.52. The van der Waals surface area contributed by atoms with E-state index in [4.69, 9.17) is 9.15 Å². The number of carbonyl (C=O) groups excluding carboxylic acids is 2. The Morgan fingerprint density at radius 1 is 0.868 bits per heavy atom. The predicted octanol–water partition coefficient (Wildman–Crippen LogP) is 4.58. The highest BCUT2D eigenvalue weighted by molar-refractivity contribution is 5.96. The van der Waals surface area contributed by atoms with Crippen molar-refractivity contribution >= 4 is 11.8 Å². The summed E-state index contributed by atoms with van der Waals surface area (Å²) in [6.45, 7) is 11.4. The summed E-state index contributed by atoms with van der Waals surface area (Å²) < 4.78 is 11.0. The minimum atomic E-state index is -0.135. The van der Waals surface area contributed by atoms with Crippen molar-refractivity contribution in [3.05, 3.63) is 95.4 Å². The number of benzene rings is 2. The summed E-state index contributed by atoms with van der Waals surface area (Å²) in [4.78, 5) is 33.1. The van der Waals surface area contributed by atoms with Gasteiger partial charge in [0.05, 0.1) is 26.0 Å². The molecule has 2 aromatic carbocycles. The second-order valence-electron chi connectivity index (χ2n) is 10.8. The zero-order valence-electron chi connectivity index (χ0n) is 22.8. The Hall–Kier alpha value is -3.42. The molecule has 0 radical (unpaired) electrons. The van der Waals surface area contributed by atoms with Gasteiger partial charge in [-0.15, -0.1) is 0 Å². The number of ether oxygens (including phenoxy) is 1. The van der Waals surface area contributed by atoms with Crippen molar-refractivity contribution < 1.29 is 18.7 Å². The van der Waals surface area contributed by atoms with Gasteiger partial charge in [0.25, 0.3) is 5.91 Å². The molecule has 1 fully saturated rings. The maximum Gasteiger partial charge on any atom is 0.254 e. The first-order valence-electron chi connectivity index (χ1n) is 13.3. The van der Waals surface area contributed by atoms with Gasteiger partial charge >= 0.3 is 0 Å². The molecule has 0 N–H and O–H groups in total. The normalized spacial score (nSPS) is 14.3. The number of amides is 2. The van der Waals surface area contributed by atoms with E-state index in [2.05, 4.69) is 25.7 Å². The van der Waals surface area contributed by atoms with Crippen LogP contribution in [0.2, 0.25) is 0 Å². The molecule has 1 saturated heterocycles. The topological polar surface area (TPSA) is 66.2 Å². The van der Waals surface area contributed by atoms with Gasteiger partial charge in [-0.2, -0.15) is 0 Å². The number of hydrogen-bond acceptors (Lipinski definition) is 5. The van der Waals surface area contributed by atoms with Crippen molar-refractivity contribution in [2.24, 2.45) is 0 Å². The van der Waals surface area contributed by atoms with E-state index in [0.717, 1.165) is 24.2 Å². The molecule has 0 saturated carbocycles. The van der Waals surface area contributed by atoms with Crippen molar-refractivity contribution in [2.45, 2.75) is 39.3 Å². The van der Waals surface area contributed by atoms with Gasteiger partial charge in [0.15, 0.2) is 0 Å². The SMILES string of the molecule is CC(C)(C)c1ccc(C(=O)N(CCN2CCOCC2)CC(=O)N(Cc2ccccc2)Cc2ccco2)cc1. The van der Waals surface area contributed by atoms with Gasteiger partial charge in [-0.3, -0.25) is 14.5 Å². The lowest BCUT2D eigenvalue weighted by Crippen LogP contribution is -2.47. The summed E-state index contributed by atoms with van der Waals surface area (Å²) in [5.41, 5.74) is 2.78. The summed E-state index contributed by atoms with van der Waals surface area (Å²) in [5, 5.41) is 0. The Kier molecular flexibility index (Phi) is 9.37. The zero-order valence-corrected chi connectivity index (χ0v) is 22.8. The molecule has 7 heteroatoms. The molecular formula is C31H39N3O4. The third-order valence-corrected chi connectivity index (χ3v) is 6.90. The van der Waals surface area contributed by atoms with Crippen LogP contribution < -0.4 is 0 Å². The smallest absolute Gasteiger partial charge is 0.254 e. The van der Waals surface area contributed by atoms with Crippen LogP contribution in [0.5, 0.6) is 0 Å². The molecule has 1 aliphatic heterocycles. The maximum atomic E-state index is 13.7. The molecule has 2 heterocycles. The molecule has 4 rings (SSSR count). The van der Waals surface area contributed by atoms with Crippen molar-refractivity contribution in [1.29, 1.82) is 0 Å². The van der Waals surface area contributed by atoms with Crippen LogP contribution in [0.4, 0.5) is 0 Å². The quantitative estimate of drug-likeness (QED) is 0.394. The lowest BCUT2D eigenvalue weighted by atomic mass is 9.86. The standard InChI is InChI=1S/C31H39N3O4/c1-31(2,3)27-13-11-26(12-14-27)30(36)33(16-15-32-17-20-37-21-18-32)24-29(35)34(23-28-10-7-19-38-28)22-25-8-5-4-6-9-25/h4-14,19H,15-18,20-24H2,1-3H3. The Morgan fingerprint density at radius 3 is 2.21 bits per heavy atom. The highest BCUT2D eigenvalue weighted by Crippen LogP contribution is 2.23. The molecule has 1 aliphatic rings. The van der Waals surface area contributed by atoms with Gasteiger partial charge in [0.2, 0.25) is 5.91 Å². The lowest BCUT2D eigenvalue weighted by Gasteiger charge is -2.31. The average Bonchev–Trinajstić information content (AvgIpc) is 3.44. The molecule has 0 bridgehead atoms. The Morgan fingerprint density at radius 2 is 1.58 bits per heavy atom. The van der Waals surface area contributed by atoms with E-state index in [-0.39, 0.29) is 23.8 Å². The van der Waals surface area contributed by atoms with Crippen LogP contribution in [0.25, 0.3) is 0 Å². The molecule has 1 aromatic heterocycles. The summed E-state index contributed by atoms with van der Waals surface area (Å²) in [5.74, 6) is 0.454. The van der Waals surface area contributed by atoms with Gasteiger partial charge in [-0.25, -0.2) is 0 Å². The summed E-state index contributed by atoms with van der Waals surface area (Å²) in [7, 11) is 0. The molecule has 7 nitrogen and oxygen atoms in total. The summed E-state index contributed by atoms with van der Waals surface area (Å²) in [6, 6.07) is 21.3. The first kappa shape index (κ1) is 27.6. The van der Waals surface area contributed by atoms with Gasteiger partial charge in [-0.1, -0.05) is 63.2 Å². The second-order valence-corrected chi connectivity index (χ2v) is 10.8. The van der Waals surface area contributed by atoms with E-state index in [1.165, 1.54) is 0 Å². The number of carbonyl (C=O) groups is 2. The molecule has 0 atom stereocenters. The van der Waals surface area contributed by atoms with Crippen LogP contribution in [-0.4, -0.2) is 72.5 Å². The van der Waals surface area contributed by atoms with E-state index in [1.807, 2.05) is 66.7 Å². The second kappa shape index (κ2) is 12.9. The van der Waals surface area contributed by atoms with Gasteiger partial charge in [0.1, 0.15) is 12.3 Å². The fraction of sp³-hybridized carbons (Fsp3) is 0.419. The minimum Gasteiger partial charge on any atom is -0.467 e. The molecule has 0 unspecified atom stereocenters. The minimum absolute atomic E-state index is 0.00224. The van der Waals surface area contributed by atoms with Crippen LogP contribution >= 0.6 is 0 Å². The van der Waals surface area contributed by atoms with Crippen LogP contribution in [0.3, 0.4) is 0 Å². The monoisotopic (exact) mass is 517 g/mol. The third-order valence-electron chi connectivity index (χ3n) is 6.90. The summed E-state index contributed by atoms with van der Waals surface area (Å²) in [6.07, 6.45) is 1.61. The van der Waals surface area contributed by atoms with Crippen LogP contribution in [0, 0.1) is 0 Å². The Bertz CT molecular complexity index is 1150. The molecular weight excluding hydrogens is 478 g/mol. The van der Waals surface area contributed by atoms with E-state index >= 15 is 0 Å². The average molecular weight is 518 g/mol. The molecule has 0 aliphatic carbocycles. The molecule has 0 spiro atoms. The van der Waals surface area contributed by atoms with Crippen molar-refractivity contribution in [3.63, 3.8) is 0 Å². The number of rotatable bonds is 10. The van der Waals surface area contributed by atoms with Crippen LogP contribution in [0.1, 0.15) is 48.0 Å². The number of nitrogens with zero attached hydrogens (tertiary/aromatic N) is 3. The Labute approximate surface area is 226 Å². The van der Waals surface area contributed by atoms with Crippen LogP contribution in [0.15, 0.2) is 77.4 Å². The van der Waals surface area contributed by atoms with Gasteiger partial charge in [0, 0.05) is 38.3 Å². The first-order chi connectivity index (χ1) is 18.3. The van der Waals surface area contributed by atoms with Crippen LogP contribution in [-0.2, 0) is 28.0 Å². The molecule has 38 heavy (non-hydrogen) atoms. The highest BCUT2D eigenvalue weighted by Gasteiger charge is 2.25. The Balaban J connectivity index is 1.53. The maximum absolute atomic E-state index is 13.7. The van der Waals surface area contributed by atoms with Crippen molar-refractivity contribution in [1.82, 2.24) is 14.7 Å². The lowest BCUT2D eigenvalue weighted by molar-refractivity contribution is -0.133. The summed E-state index contributed by atoms with van der Waals surface area (Å²) >= 11 is 0. The molecule has 2 amide bonds. The molecule has 202 valence electrons. The largest absolute Gasteiger partial charge is 0.467 e. The van der Waals surface area contributed by atoms with E-state index in [1.54, 1.807) is 16.1 Å². The number of hydrogen-bond donors (Lipinski definition) is 0. The first-order valence-corrected chi connectivity index (χ1v) is 13.3. The van der Waals surface area contributed by atoms with E-state index in [9.17, 15) is 9.59 Å². The van der Waals surface area contributed by atoms with Crippen molar-refractivity contribution in [2.75, 3.05) is 45.9 Å². The van der Waals surface area contributed by atoms with Gasteiger partial charge < -0.3 is 19.0 Å². The number of furan rings is 1. The highest BCUT2D eigenvalue weighted by atomic mass is 16.5. The third kappa shape index (κ3) is 7.79. The van der Waals surface area contributed by atoms with E-state index < -0.39 is 0 Å². The van der Waals surface area contributed by atoms with Crippen molar-refractivity contribution in [3.8, 4) is 0 Å². The zero-order chi connectivity index (χ0) is 27.0. The van der Waals surface area contributed by atoms with E-state index in [0.29, 0.717) is 50.7 Å². The van der Waals surface area contributed by atoms with Gasteiger partial charge in [-0.05, 0) is 40.8 Å². The fourth-order valence-electron chi connectivity index (χ4n) is 4.52. The predicted molar refractivity (Wildman–Crippen MR) is 148 cm³/mol. The number of morpholine rings is 1. The molecule has 3 aromatic rings.